The van der Waals surface area contributed by atoms with Crippen molar-refractivity contribution < 1.29 is 9.50 Å². The summed E-state index contributed by atoms with van der Waals surface area (Å²) in [6.45, 7) is 4.14. The van der Waals surface area contributed by atoms with Gasteiger partial charge in [-0.25, -0.2) is 9.37 Å². The highest BCUT2D eigenvalue weighted by Crippen LogP contribution is 2.33. The topological polar surface area (TPSA) is 115 Å². The van der Waals surface area contributed by atoms with Crippen LogP contribution >= 0.6 is 0 Å². The number of aliphatic hydroxyl groups is 1. The van der Waals surface area contributed by atoms with Crippen molar-refractivity contribution >= 4 is 27.6 Å². The number of hydrogen-bond acceptors (Lipinski definition) is 6. The molecule has 1 atom stereocenters. The third-order valence-corrected chi connectivity index (χ3v) is 6.44. The fourth-order valence-corrected chi connectivity index (χ4v) is 4.63. The molecule has 190 valence electrons. The van der Waals surface area contributed by atoms with Crippen molar-refractivity contribution in [2.24, 2.45) is 5.92 Å². The molecule has 0 saturated heterocycles. The second kappa shape index (κ2) is 9.68. The van der Waals surface area contributed by atoms with E-state index >= 15 is 0 Å². The summed E-state index contributed by atoms with van der Waals surface area (Å²) in [6.07, 6.45) is 6.95. The van der Waals surface area contributed by atoms with Gasteiger partial charge < -0.3 is 15.4 Å². The molecule has 2 aromatic carbocycles. The molecule has 38 heavy (non-hydrogen) atoms. The maximum Gasteiger partial charge on any atom is 0.159 e. The summed E-state index contributed by atoms with van der Waals surface area (Å²) in [5.41, 5.74) is 7.30. The van der Waals surface area contributed by atoms with Gasteiger partial charge in [-0.1, -0.05) is 32.0 Å². The summed E-state index contributed by atoms with van der Waals surface area (Å²) < 4.78 is 13.5. The lowest BCUT2D eigenvalue weighted by molar-refractivity contribution is 0.176. The molecule has 0 saturated carbocycles. The van der Waals surface area contributed by atoms with Crippen molar-refractivity contribution in [2.75, 3.05) is 5.32 Å². The summed E-state index contributed by atoms with van der Waals surface area (Å²) in [4.78, 5) is 16.9. The van der Waals surface area contributed by atoms with Gasteiger partial charge >= 0.3 is 0 Å². The number of aliphatic hydroxyl groups excluding tert-OH is 1. The Morgan fingerprint density at radius 3 is 2.50 bits per heavy atom. The second-order valence-corrected chi connectivity index (χ2v) is 9.76. The van der Waals surface area contributed by atoms with E-state index in [1.54, 1.807) is 36.9 Å². The minimum atomic E-state index is -0.641. The molecule has 0 amide bonds. The average molecular weight is 508 g/mol. The highest BCUT2D eigenvalue weighted by atomic mass is 19.1. The maximum atomic E-state index is 13.5. The van der Waals surface area contributed by atoms with Crippen LogP contribution in [0.2, 0.25) is 0 Å². The predicted octanol–water partition coefficient (Wildman–Crippen LogP) is 6.15. The predicted molar refractivity (Wildman–Crippen MR) is 147 cm³/mol. The normalized spacial score (nSPS) is 12.4. The van der Waals surface area contributed by atoms with Crippen LogP contribution in [0.5, 0.6) is 0 Å². The molecule has 8 nitrogen and oxygen atoms in total. The van der Waals surface area contributed by atoms with Gasteiger partial charge in [0.15, 0.2) is 5.82 Å². The van der Waals surface area contributed by atoms with Crippen LogP contribution in [0.4, 0.5) is 10.1 Å². The van der Waals surface area contributed by atoms with E-state index < -0.39 is 6.23 Å². The van der Waals surface area contributed by atoms with Crippen molar-refractivity contribution in [2.45, 2.75) is 26.5 Å². The second-order valence-electron chi connectivity index (χ2n) is 9.76. The van der Waals surface area contributed by atoms with Gasteiger partial charge in [-0.3, -0.25) is 15.1 Å². The number of benzene rings is 2. The minimum absolute atomic E-state index is 0.293. The summed E-state index contributed by atoms with van der Waals surface area (Å²) in [7, 11) is 0. The molecule has 4 N–H and O–H groups in total. The van der Waals surface area contributed by atoms with Crippen molar-refractivity contribution in [1.82, 2.24) is 30.1 Å². The first kappa shape index (κ1) is 23.7. The van der Waals surface area contributed by atoms with E-state index in [-0.39, 0.29) is 5.82 Å². The largest absolute Gasteiger partial charge is 0.374 e. The Hall–Kier alpha value is -4.63. The smallest absolute Gasteiger partial charge is 0.159 e. The van der Waals surface area contributed by atoms with Gasteiger partial charge in [0.2, 0.25) is 0 Å². The van der Waals surface area contributed by atoms with E-state index in [1.807, 2.05) is 24.3 Å². The molecular weight excluding hydrogens is 481 g/mol. The van der Waals surface area contributed by atoms with E-state index in [1.165, 1.54) is 12.1 Å². The molecule has 0 aliphatic carbocycles. The number of rotatable bonds is 7. The molecule has 6 aromatic rings. The molecule has 0 fully saturated rings. The first-order chi connectivity index (χ1) is 18.4. The maximum absolute atomic E-state index is 13.5. The van der Waals surface area contributed by atoms with Crippen molar-refractivity contribution in [1.29, 1.82) is 0 Å². The number of H-pyrrole nitrogens is 2. The first-order valence-corrected chi connectivity index (χ1v) is 12.4. The highest BCUT2D eigenvalue weighted by molar-refractivity contribution is 5.98. The lowest BCUT2D eigenvalue weighted by Crippen LogP contribution is -2.20. The lowest BCUT2D eigenvalue weighted by Gasteiger charge is -2.16. The third-order valence-electron chi connectivity index (χ3n) is 6.44. The summed E-state index contributed by atoms with van der Waals surface area (Å²) in [5, 5.41) is 21.9. The zero-order valence-corrected chi connectivity index (χ0v) is 20.9. The van der Waals surface area contributed by atoms with Crippen molar-refractivity contribution in [3.63, 3.8) is 0 Å². The van der Waals surface area contributed by atoms with Crippen LogP contribution < -0.4 is 5.32 Å². The van der Waals surface area contributed by atoms with E-state index in [2.05, 4.69) is 44.3 Å². The van der Waals surface area contributed by atoms with Crippen LogP contribution in [0.25, 0.3) is 55.7 Å². The molecule has 0 spiro atoms. The Labute approximate surface area is 218 Å². The van der Waals surface area contributed by atoms with Gasteiger partial charge in [0.25, 0.3) is 0 Å². The van der Waals surface area contributed by atoms with Gasteiger partial charge in [0.1, 0.15) is 17.7 Å². The van der Waals surface area contributed by atoms with Crippen LogP contribution in [-0.2, 0) is 0 Å². The average Bonchev–Trinajstić information content (AvgIpc) is 3.52. The SMILES string of the molecule is CC(C)CC(O)Nc1cncc(-c2ccc3[nH]nc(-c4nc5c(-c6ccc(F)cc6)cncc5[nH]4)c3c2)c1. The van der Waals surface area contributed by atoms with Crippen LogP contribution in [-0.4, -0.2) is 41.5 Å². The van der Waals surface area contributed by atoms with Crippen LogP contribution in [0.3, 0.4) is 0 Å². The fraction of sp³-hybridized carbons (Fsp3) is 0.172. The van der Waals surface area contributed by atoms with Gasteiger partial charge in [-0.2, -0.15) is 5.10 Å². The number of halogens is 1. The molecule has 4 aromatic heterocycles. The third kappa shape index (κ3) is 4.59. The number of aromatic nitrogens is 6. The molecule has 0 aliphatic rings. The molecule has 9 heteroatoms. The zero-order chi connectivity index (χ0) is 26.2. The number of anilines is 1. The van der Waals surface area contributed by atoms with Gasteiger partial charge in [0, 0.05) is 28.9 Å². The Bertz CT molecular complexity index is 1740. The number of pyridine rings is 2. The Morgan fingerprint density at radius 1 is 0.895 bits per heavy atom. The van der Waals surface area contributed by atoms with Crippen molar-refractivity contribution in [3.05, 3.63) is 79.1 Å². The number of imidazole rings is 1. The van der Waals surface area contributed by atoms with Gasteiger partial charge in [-0.15, -0.1) is 0 Å². The van der Waals surface area contributed by atoms with E-state index in [0.29, 0.717) is 23.9 Å². The molecular formula is C29H26FN7O. The van der Waals surface area contributed by atoms with E-state index in [0.717, 1.165) is 49.9 Å². The number of fused-ring (bicyclic) bond motifs is 2. The number of nitrogens with one attached hydrogen (secondary N) is 3. The summed E-state index contributed by atoms with van der Waals surface area (Å²) >= 11 is 0. The van der Waals surface area contributed by atoms with Gasteiger partial charge in [-0.05, 0) is 53.8 Å². The molecule has 6 rings (SSSR count). The fourth-order valence-electron chi connectivity index (χ4n) is 4.63. The van der Waals surface area contributed by atoms with Crippen LogP contribution in [0, 0.1) is 11.7 Å². The Balaban J connectivity index is 1.37. The van der Waals surface area contributed by atoms with Crippen LogP contribution in [0.1, 0.15) is 20.3 Å². The van der Waals surface area contributed by atoms with E-state index in [4.69, 9.17) is 4.98 Å². The summed E-state index contributed by atoms with van der Waals surface area (Å²) in [5.74, 6) is 0.681. The molecule has 1 unspecified atom stereocenters. The number of aromatic amines is 2. The molecule has 0 radical (unpaired) electrons. The summed E-state index contributed by atoms with van der Waals surface area (Å²) in [6, 6.07) is 14.3. The number of hydrogen-bond donors (Lipinski definition) is 4. The minimum Gasteiger partial charge on any atom is -0.374 e. The highest BCUT2D eigenvalue weighted by Gasteiger charge is 2.16. The molecule has 0 bridgehead atoms. The zero-order valence-electron chi connectivity index (χ0n) is 20.9. The first-order valence-electron chi connectivity index (χ1n) is 12.4. The van der Waals surface area contributed by atoms with Gasteiger partial charge in [0.05, 0.1) is 34.6 Å². The van der Waals surface area contributed by atoms with E-state index in [9.17, 15) is 9.50 Å². The molecule has 0 aliphatic heterocycles. The van der Waals surface area contributed by atoms with Crippen molar-refractivity contribution in [3.8, 4) is 33.8 Å². The van der Waals surface area contributed by atoms with Crippen LogP contribution in [0.15, 0.2) is 73.3 Å². The number of nitrogens with zero attached hydrogens (tertiary/aromatic N) is 4. The lowest BCUT2D eigenvalue weighted by atomic mass is 10.0. The monoisotopic (exact) mass is 507 g/mol. The molecule has 4 heterocycles. The Kier molecular flexibility index (Phi) is 6.05. The quantitative estimate of drug-likeness (QED) is 0.193. The Morgan fingerprint density at radius 2 is 1.68 bits per heavy atom. The standard InChI is InChI=1S/C29H26FN7O/c1-16(2)9-26(38)33-21-10-19(12-31-13-21)18-5-8-24-22(11-18)28(37-36-24)29-34-25-15-32-14-23(27(25)35-29)17-3-6-20(30)7-4-17/h3-8,10-16,26,33,38H,9H2,1-2H3,(H,34,35)(H,36,37).